The number of aliphatic hydroxyl groups is 1. The fourth-order valence-corrected chi connectivity index (χ4v) is 4.87. The molecule has 2 aliphatic rings. The molecule has 3 heterocycles. The smallest absolute Gasteiger partial charge is 0.251 e. The molecule has 1 saturated heterocycles. The number of para-hydroxylation sites is 1. The maximum atomic E-state index is 12.8. The summed E-state index contributed by atoms with van der Waals surface area (Å²) < 4.78 is 7.73. The molecule has 0 spiro atoms. The van der Waals surface area contributed by atoms with Crippen molar-refractivity contribution in [1.82, 2.24) is 30.3 Å². The van der Waals surface area contributed by atoms with Crippen LogP contribution < -0.4 is 20.7 Å². The first-order chi connectivity index (χ1) is 17.6. The molecule has 2 aromatic carbocycles. The van der Waals surface area contributed by atoms with Crippen molar-refractivity contribution in [2.75, 3.05) is 38.8 Å². The fourth-order valence-electron chi connectivity index (χ4n) is 4.87. The largest absolute Gasteiger partial charge is 0.493 e. The Labute approximate surface area is 210 Å². The van der Waals surface area contributed by atoms with E-state index >= 15 is 0 Å². The van der Waals surface area contributed by atoms with Crippen molar-refractivity contribution in [1.29, 1.82) is 0 Å². The highest BCUT2D eigenvalue weighted by Gasteiger charge is 2.26. The summed E-state index contributed by atoms with van der Waals surface area (Å²) in [5.41, 5.74) is 3.57. The predicted molar refractivity (Wildman–Crippen MR) is 136 cm³/mol. The normalized spacial score (nSPS) is 17.4. The Balaban J connectivity index is 1.23. The van der Waals surface area contributed by atoms with Gasteiger partial charge in [0.05, 0.1) is 25.8 Å². The molecule has 3 aromatic rings. The number of nitrogens with one attached hydrogen (secondary N) is 3. The number of carbonyl (C=O) groups excluding carboxylic acids is 1. The van der Waals surface area contributed by atoms with Crippen LogP contribution in [0, 0.1) is 0 Å². The molecule has 0 radical (unpaired) electrons. The number of amides is 1. The highest BCUT2D eigenvalue weighted by Crippen LogP contribution is 2.29. The first-order valence-corrected chi connectivity index (χ1v) is 12.4. The average Bonchev–Trinajstić information content (AvgIpc) is 3.54. The summed E-state index contributed by atoms with van der Waals surface area (Å²) in [6.45, 7) is 3.70. The molecule has 1 amide bonds. The zero-order chi connectivity index (χ0) is 24.9. The fraction of sp³-hybridized carbons (Fsp3) is 0.423. The van der Waals surface area contributed by atoms with Gasteiger partial charge in [0.2, 0.25) is 0 Å². The quantitative estimate of drug-likeness (QED) is 0.357. The van der Waals surface area contributed by atoms with Crippen molar-refractivity contribution in [2.24, 2.45) is 0 Å². The number of aliphatic hydroxyl groups excluding tert-OH is 1. The van der Waals surface area contributed by atoms with Crippen LogP contribution in [-0.2, 0) is 26.1 Å². The van der Waals surface area contributed by atoms with Gasteiger partial charge < -0.3 is 30.4 Å². The van der Waals surface area contributed by atoms with Crippen LogP contribution >= 0.6 is 0 Å². The number of carbonyl (C=O) groups is 1. The Hall–Kier alpha value is -3.47. The van der Waals surface area contributed by atoms with Gasteiger partial charge >= 0.3 is 0 Å². The lowest BCUT2D eigenvalue weighted by Gasteiger charge is -2.32. The number of anilines is 1. The Kier molecular flexibility index (Phi) is 7.45. The number of ether oxygens (including phenoxy) is 1. The van der Waals surface area contributed by atoms with E-state index in [0.29, 0.717) is 31.8 Å². The molecule has 1 unspecified atom stereocenters. The molecule has 2 aliphatic heterocycles. The summed E-state index contributed by atoms with van der Waals surface area (Å²) in [5, 5.41) is 28.2. The van der Waals surface area contributed by atoms with Gasteiger partial charge in [0.25, 0.3) is 5.91 Å². The SMILES string of the molecule is CN1CNCCC1c1nnc(CNc2cccc(C(=O)NCc3cccc4c3OCC4)c2)n1CCO. The minimum atomic E-state index is -0.145. The van der Waals surface area contributed by atoms with E-state index in [2.05, 4.69) is 44.2 Å². The first kappa shape index (κ1) is 24.2. The van der Waals surface area contributed by atoms with E-state index in [1.807, 2.05) is 34.9 Å². The highest BCUT2D eigenvalue weighted by molar-refractivity contribution is 5.95. The number of fused-ring (bicyclic) bond motifs is 1. The van der Waals surface area contributed by atoms with Crippen LogP contribution in [0.5, 0.6) is 5.75 Å². The number of hydrogen-bond acceptors (Lipinski definition) is 8. The third kappa shape index (κ3) is 5.20. The summed E-state index contributed by atoms with van der Waals surface area (Å²) in [7, 11) is 2.06. The van der Waals surface area contributed by atoms with Crippen molar-refractivity contribution in [3.8, 4) is 5.75 Å². The number of hydrogen-bond donors (Lipinski definition) is 4. The third-order valence-electron chi connectivity index (χ3n) is 6.78. The summed E-state index contributed by atoms with van der Waals surface area (Å²) in [5.74, 6) is 2.37. The van der Waals surface area contributed by atoms with Gasteiger partial charge in [-0.3, -0.25) is 9.69 Å². The molecule has 0 saturated carbocycles. The van der Waals surface area contributed by atoms with Crippen LogP contribution in [0.15, 0.2) is 42.5 Å². The summed E-state index contributed by atoms with van der Waals surface area (Å²) in [4.78, 5) is 15.1. The Morgan fingerprint density at radius 3 is 2.97 bits per heavy atom. The second-order valence-electron chi connectivity index (χ2n) is 9.19. The summed E-state index contributed by atoms with van der Waals surface area (Å²) in [6, 6.07) is 13.6. The van der Waals surface area contributed by atoms with Gasteiger partial charge in [0.15, 0.2) is 11.6 Å². The van der Waals surface area contributed by atoms with Crippen LogP contribution in [0.2, 0.25) is 0 Å². The van der Waals surface area contributed by atoms with Gasteiger partial charge in [0, 0.05) is 43.0 Å². The predicted octanol–water partition coefficient (Wildman–Crippen LogP) is 1.67. The van der Waals surface area contributed by atoms with Gasteiger partial charge in [-0.1, -0.05) is 24.3 Å². The van der Waals surface area contributed by atoms with Crippen LogP contribution in [0.25, 0.3) is 0 Å². The van der Waals surface area contributed by atoms with E-state index in [-0.39, 0.29) is 18.6 Å². The number of aromatic nitrogens is 3. The lowest BCUT2D eigenvalue weighted by Crippen LogP contribution is -2.42. The molecule has 1 aromatic heterocycles. The van der Waals surface area contributed by atoms with E-state index in [9.17, 15) is 9.90 Å². The molecule has 190 valence electrons. The van der Waals surface area contributed by atoms with Crippen molar-refractivity contribution >= 4 is 11.6 Å². The third-order valence-corrected chi connectivity index (χ3v) is 6.78. The Morgan fingerprint density at radius 2 is 2.11 bits per heavy atom. The zero-order valence-electron chi connectivity index (χ0n) is 20.5. The standard InChI is InChI=1S/C26H33N7O3/c1-32-17-27-10-8-22(32)25-31-30-23(33(25)11-12-34)16-28-21-7-3-5-19(14-21)26(35)29-15-20-6-2-4-18-9-13-36-24(18)20/h2-7,14,22,27-28,34H,8-13,15-17H2,1H3,(H,29,35). The van der Waals surface area contributed by atoms with E-state index in [0.717, 1.165) is 54.7 Å². The van der Waals surface area contributed by atoms with Crippen LogP contribution in [-0.4, -0.2) is 64.2 Å². The lowest BCUT2D eigenvalue weighted by atomic mass is 10.1. The maximum absolute atomic E-state index is 12.8. The van der Waals surface area contributed by atoms with Crippen molar-refractivity contribution < 1.29 is 14.6 Å². The minimum Gasteiger partial charge on any atom is -0.493 e. The highest BCUT2D eigenvalue weighted by atomic mass is 16.5. The van der Waals surface area contributed by atoms with Gasteiger partial charge in [-0.05, 0) is 43.8 Å². The molecule has 0 aliphatic carbocycles. The number of benzene rings is 2. The van der Waals surface area contributed by atoms with E-state index in [4.69, 9.17) is 4.74 Å². The van der Waals surface area contributed by atoms with Crippen molar-refractivity contribution in [3.05, 3.63) is 70.8 Å². The Bertz CT molecular complexity index is 1210. The van der Waals surface area contributed by atoms with Crippen molar-refractivity contribution in [3.63, 3.8) is 0 Å². The molecule has 10 heteroatoms. The van der Waals surface area contributed by atoms with Crippen LogP contribution in [0.3, 0.4) is 0 Å². The molecule has 36 heavy (non-hydrogen) atoms. The molecule has 0 bridgehead atoms. The Morgan fingerprint density at radius 1 is 1.22 bits per heavy atom. The van der Waals surface area contributed by atoms with Crippen LogP contribution in [0.4, 0.5) is 5.69 Å². The molecule has 1 atom stereocenters. The van der Waals surface area contributed by atoms with Gasteiger partial charge in [-0.25, -0.2) is 0 Å². The monoisotopic (exact) mass is 491 g/mol. The van der Waals surface area contributed by atoms with Gasteiger partial charge in [-0.2, -0.15) is 0 Å². The van der Waals surface area contributed by atoms with Gasteiger partial charge in [-0.15, -0.1) is 10.2 Å². The summed E-state index contributed by atoms with van der Waals surface area (Å²) >= 11 is 0. The molecular formula is C26H33N7O3. The maximum Gasteiger partial charge on any atom is 0.251 e. The van der Waals surface area contributed by atoms with E-state index < -0.39 is 0 Å². The molecule has 4 N–H and O–H groups in total. The average molecular weight is 492 g/mol. The topological polar surface area (TPSA) is 117 Å². The second-order valence-corrected chi connectivity index (χ2v) is 9.19. The summed E-state index contributed by atoms with van der Waals surface area (Å²) in [6.07, 6.45) is 1.84. The van der Waals surface area contributed by atoms with Crippen molar-refractivity contribution in [2.45, 2.75) is 38.5 Å². The van der Waals surface area contributed by atoms with E-state index in [1.165, 1.54) is 5.56 Å². The van der Waals surface area contributed by atoms with Gasteiger partial charge in [0.1, 0.15) is 5.75 Å². The second kappa shape index (κ2) is 11.1. The van der Waals surface area contributed by atoms with Crippen LogP contribution in [0.1, 0.15) is 45.6 Å². The first-order valence-electron chi connectivity index (χ1n) is 12.4. The zero-order valence-corrected chi connectivity index (χ0v) is 20.5. The molecule has 5 rings (SSSR count). The van der Waals surface area contributed by atoms with E-state index in [1.54, 1.807) is 6.07 Å². The molecule has 10 nitrogen and oxygen atoms in total. The number of nitrogens with zero attached hydrogens (tertiary/aromatic N) is 4. The molecule has 1 fully saturated rings. The lowest BCUT2D eigenvalue weighted by molar-refractivity contribution is 0.0950. The minimum absolute atomic E-state index is 0.0119. The number of rotatable bonds is 9. The molecular weight excluding hydrogens is 458 g/mol.